The van der Waals surface area contributed by atoms with Crippen molar-refractivity contribution in [3.05, 3.63) is 42.5 Å². The lowest BCUT2D eigenvalue weighted by molar-refractivity contribution is -0.120. The van der Waals surface area contributed by atoms with Gasteiger partial charge in [-0.1, -0.05) is 30.3 Å². The minimum Gasteiger partial charge on any atom is -0.369 e. The molecule has 0 saturated carbocycles. The standard InChI is InChI=1S/C16H19N3O/c17-10-16(20)18-14-7-8-19(11-14)15-6-5-12-3-1-2-4-13(12)9-15/h1-6,9,14H,7-8,10-11,17H2,(H,18,20). The summed E-state index contributed by atoms with van der Waals surface area (Å²) >= 11 is 0. The maximum atomic E-state index is 11.3. The fourth-order valence-electron chi connectivity index (χ4n) is 2.77. The van der Waals surface area contributed by atoms with Crippen molar-refractivity contribution >= 4 is 22.4 Å². The summed E-state index contributed by atoms with van der Waals surface area (Å²) in [6, 6.07) is 15.1. The molecule has 1 fully saturated rings. The van der Waals surface area contributed by atoms with Crippen molar-refractivity contribution in [2.24, 2.45) is 5.73 Å². The molecule has 20 heavy (non-hydrogen) atoms. The van der Waals surface area contributed by atoms with Gasteiger partial charge in [-0.15, -0.1) is 0 Å². The van der Waals surface area contributed by atoms with Gasteiger partial charge in [0.15, 0.2) is 0 Å². The topological polar surface area (TPSA) is 58.4 Å². The summed E-state index contributed by atoms with van der Waals surface area (Å²) in [5.74, 6) is -0.0737. The Labute approximate surface area is 118 Å². The van der Waals surface area contributed by atoms with E-state index in [1.54, 1.807) is 0 Å². The number of amides is 1. The zero-order chi connectivity index (χ0) is 13.9. The SMILES string of the molecule is NCC(=O)NC1CCN(c2ccc3ccccc3c2)C1. The first-order valence-corrected chi connectivity index (χ1v) is 6.99. The number of fused-ring (bicyclic) bond motifs is 1. The van der Waals surface area contributed by atoms with Crippen LogP contribution >= 0.6 is 0 Å². The molecule has 1 heterocycles. The molecule has 104 valence electrons. The van der Waals surface area contributed by atoms with Crippen LogP contribution in [0.4, 0.5) is 5.69 Å². The van der Waals surface area contributed by atoms with Crippen molar-refractivity contribution in [2.45, 2.75) is 12.5 Å². The molecule has 0 radical (unpaired) electrons. The van der Waals surface area contributed by atoms with E-state index < -0.39 is 0 Å². The van der Waals surface area contributed by atoms with Crippen molar-refractivity contribution < 1.29 is 4.79 Å². The Bertz CT molecular complexity index is 626. The Morgan fingerprint density at radius 2 is 2.05 bits per heavy atom. The van der Waals surface area contributed by atoms with Crippen LogP contribution in [0.3, 0.4) is 0 Å². The number of nitrogens with one attached hydrogen (secondary N) is 1. The van der Waals surface area contributed by atoms with Crippen LogP contribution in [0.5, 0.6) is 0 Å². The highest BCUT2D eigenvalue weighted by Crippen LogP contribution is 2.25. The average molecular weight is 269 g/mol. The Balaban J connectivity index is 1.74. The fraction of sp³-hybridized carbons (Fsp3) is 0.312. The van der Waals surface area contributed by atoms with Crippen molar-refractivity contribution in [1.82, 2.24) is 5.32 Å². The van der Waals surface area contributed by atoms with Gasteiger partial charge in [0.25, 0.3) is 0 Å². The van der Waals surface area contributed by atoms with E-state index in [-0.39, 0.29) is 18.5 Å². The number of hydrogen-bond acceptors (Lipinski definition) is 3. The third kappa shape index (κ3) is 2.60. The number of anilines is 1. The molecule has 0 aromatic heterocycles. The molecule has 1 amide bonds. The van der Waals surface area contributed by atoms with Crippen LogP contribution in [0.25, 0.3) is 10.8 Å². The minimum absolute atomic E-state index is 0.0620. The van der Waals surface area contributed by atoms with Crippen LogP contribution in [0.2, 0.25) is 0 Å². The number of benzene rings is 2. The maximum Gasteiger partial charge on any atom is 0.234 e. The molecule has 1 aliphatic rings. The second kappa shape index (κ2) is 5.51. The van der Waals surface area contributed by atoms with Gasteiger partial charge in [0.1, 0.15) is 0 Å². The van der Waals surface area contributed by atoms with Gasteiger partial charge in [-0.25, -0.2) is 0 Å². The van der Waals surface area contributed by atoms with Gasteiger partial charge in [-0.2, -0.15) is 0 Å². The molecule has 1 aliphatic heterocycles. The molecular formula is C16H19N3O. The first kappa shape index (κ1) is 12.9. The summed E-state index contributed by atoms with van der Waals surface area (Å²) in [6.07, 6.45) is 0.971. The lowest BCUT2D eigenvalue weighted by Crippen LogP contribution is -2.40. The number of nitrogens with zero attached hydrogens (tertiary/aromatic N) is 1. The zero-order valence-electron chi connectivity index (χ0n) is 11.4. The third-order valence-corrected chi connectivity index (χ3v) is 3.84. The Kier molecular flexibility index (Phi) is 3.56. The summed E-state index contributed by atoms with van der Waals surface area (Å²) in [6.45, 7) is 1.88. The van der Waals surface area contributed by atoms with Crippen LogP contribution in [0, 0.1) is 0 Å². The molecule has 3 N–H and O–H groups in total. The summed E-state index contributed by atoms with van der Waals surface area (Å²) in [5.41, 5.74) is 6.55. The first-order chi connectivity index (χ1) is 9.76. The number of carbonyl (C=O) groups excluding carboxylic acids is 1. The smallest absolute Gasteiger partial charge is 0.234 e. The molecule has 4 heteroatoms. The lowest BCUT2D eigenvalue weighted by atomic mass is 10.1. The molecule has 3 rings (SSSR count). The van der Waals surface area contributed by atoms with Gasteiger partial charge in [-0.05, 0) is 29.3 Å². The Morgan fingerprint density at radius 1 is 1.25 bits per heavy atom. The van der Waals surface area contributed by atoms with Gasteiger partial charge in [0.2, 0.25) is 5.91 Å². The maximum absolute atomic E-state index is 11.3. The van der Waals surface area contributed by atoms with Crippen LogP contribution in [-0.4, -0.2) is 31.6 Å². The molecule has 1 saturated heterocycles. The van der Waals surface area contributed by atoms with E-state index in [0.717, 1.165) is 19.5 Å². The monoisotopic (exact) mass is 269 g/mol. The summed E-state index contributed by atoms with van der Waals surface area (Å²) in [7, 11) is 0. The molecular weight excluding hydrogens is 250 g/mol. The molecule has 2 aromatic rings. The van der Waals surface area contributed by atoms with Crippen LogP contribution in [0.1, 0.15) is 6.42 Å². The van der Waals surface area contributed by atoms with Gasteiger partial charge >= 0.3 is 0 Å². The second-order valence-electron chi connectivity index (χ2n) is 5.23. The van der Waals surface area contributed by atoms with Crippen molar-refractivity contribution in [2.75, 3.05) is 24.5 Å². The second-order valence-corrected chi connectivity index (χ2v) is 5.23. The number of carbonyl (C=O) groups is 1. The highest BCUT2D eigenvalue weighted by atomic mass is 16.1. The normalized spacial score (nSPS) is 18.4. The summed E-state index contributed by atoms with van der Waals surface area (Å²) < 4.78 is 0. The van der Waals surface area contributed by atoms with E-state index in [0.29, 0.717) is 0 Å². The van der Waals surface area contributed by atoms with Crippen molar-refractivity contribution in [3.8, 4) is 0 Å². The molecule has 1 atom stereocenters. The van der Waals surface area contributed by atoms with E-state index in [2.05, 4.69) is 52.7 Å². The molecule has 0 spiro atoms. The van der Waals surface area contributed by atoms with Crippen LogP contribution in [0.15, 0.2) is 42.5 Å². The quantitative estimate of drug-likeness (QED) is 0.887. The van der Waals surface area contributed by atoms with E-state index >= 15 is 0 Å². The Morgan fingerprint density at radius 3 is 2.85 bits per heavy atom. The van der Waals surface area contributed by atoms with Crippen molar-refractivity contribution in [3.63, 3.8) is 0 Å². The Hall–Kier alpha value is -2.07. The van der Waals surface area contributed by atoms with E-state index in [1.807, 2.05) is 0 Å². The minimum atomic E-state index is -0.0737. The molecule has 4 nitrogen and oxygen atoms in total. The van der Waals surface area contributed by atoms with Gasteiger partial charge in [0.05, 0.1) is 6.54 Å². The van der Waals surface area contributed by atoms with E-state index in [1.165, 1.54) is 16.5 Å². The molecule has 0 aliphatic carbocycles. The van der Waals surface area contributed by atoms with Crippen LogP contribution in [-0.2, 0) is 4.79 Å². The summed E-state index contributed by atoms with van der Waals surface area (Å²) in [5, 5.41) is 5.46. The predicted molar refractivity (Wildman–Crippen MR) is 81.8 cm³/mol. The van der Waals surface area contributed by atoms with Gasteiger partial charge < -0.3 is 16.0 Å². The zero-order valence-corrected chi connectivity index (χ0v) is 11.4. The summed E-state index contributed by atoms with van der Waals surface area (Å²) in [4.78, 5) is 13.6. The molecule has 0 bridgehead atoms. The predicted octanol–water partition coefficient (Wildman–Crippen LogP) is 1.49. The highest BCUT2D eigenvalue weighted by molar-refractivity contribution is 5.86. The molecule has 1 unspecified atom stereocenters. The van der Waals surface area contributed by atoms with Gasteiger partial charge in [-0.3, -0.25) is 4.79 Å². The fourth-order valence-corrected chi connectivity index (χ4v) is 2.77. The number of nitrogens with two attached hydrogens (primary N) is 1. The third-order valence-electron chi connectivity index (χ3n) is 3.84. The highest BCUT2D eigenvalue weighted by Gasteiger charge is 2.23. The molecule has 2 aromatic carbocycles. The van der Waals surface area contributed by atoms with E-state index in [4.69, 9.17) is 5.73 Å². The van der Waals surface area contributed by atoms with Gasteiger partial charge in [0, 0.05) is 24.8 Å². The number of hydrogen-bond donors (Lipinski definition) is 2. The lowest BCUT2D eigenvalue weighted by Gasteiger charge is -2.19. The first-order valence-electron chi connectivity index (χ1n) is 6.99. The average Bonchev–Trinajstić information content (AvgIpc) is 2.95. The van der Waals surface area contributed by atoms with E-state index in [9.17, 15) is 4.79 Å². The van der Waals surface area contributed by atoms with Crippen molar-refractivity contribution in [1.29, 1.82) is 0 Å². The largest absolute Gasteiger partial charge is 0.369 e. The van der Waals surface area contributed by atoms with Crippen LogP contribution < -0.4 is 16.0 Å². The number of rotatable bonds is 3.